The number of hydrogen-bond donors (Lipinski definition) is 0. The zero-order chi connectivity index (χ0) is 16.6. The Morgan fingerprint density at radius 1 is 1.13 bits per heavy atom. The van der Waals surface area contributed by atoms with Crippen molar-refractivity contribution in [1.29, 1.82) is 0 Å². The van der Waals surface area contributed by atoms with Crippen LogP contribution in [-0.4, -0.2) is 49.2 Å². The molecule has 3 heterocycles. The Bertz CT molecular complexity index is 844. The summed E-state index contributed by atoms with van der Waals surface area (Å²) in [4.78, 5) is 22.5. The molecule has 0 unspecified atom stereocenters. The molecule has 118 valence electrons. The fraction of sp³-hybridized carbons (Fsp3) is 0.250. The van der Waals surface area contributed by atoms with Crippen LogP contribution in [0.1, 0.15) is 10.5 Å². The van der Waals surface area contributed by atoms with Crippen LogP contribution >= 0.6 is 0 Å². The molecule has 1 amide bonds. The number of hydrogen-bond acceptors (Lipinski definition) is 4. The van der Waals surface area contributed by atoms with Crippen molar-refractivity contribution in [3.8, 4) is 22.6 Å². The first kappa shape index (κ1) is 15.0. The summed E-state index contributed by atoms with van der Waals surface area (Å²) in [6.07, 6.45) is 7.13. The maximum absolute atomic E-state index is 12.1. The summed E-state index contributed by atoms with van der Waals surface area (Å²) in [6.45, 7) is 0. The van der Waals surface area contributed by atoms with Gasteiger partial charge >= 0.3 is 0 Å². The lowest BCUT2D eigenvalue weighted by Gasteiger charge is -2.10. The van der Waals surface area contributed by atoms with E-state index in [-0.39, 0.29) is 5.91 Å². The van der Waals surface area contributed by atoms with Gasteiger partial charge in [-0.25, -0.2) is 9.97 Å². The number of carbonyl (C=O) groups is 1. The maximum Gasteiger partial charge on any atom is 0.269 e. The molecule has 0 bridgehead atoms. The largest absolute Gasteiger partial charge is 0.346 e. The second kappa shape index (κ2) is 5.68. The van der Waals surface area contributed by atoms with Crippen molar-refractivity contribution in [2.24, 2.45) is 14.1 Å². The molecule has 3 aromatic rings. The lowest BCUT2D eigenvalue weighted by molar-refractivity contribution is 0.0818. The minimum atomic E-state index is -0.0360. The Hall–Kier alpha value is -2.96. The molecule has 0 aliphatic heterocycles. The average molecular weight is 310 g/mol. The SMILES string of the molecule is CN(C)C(=O)c1cc(-c2cnc(-c3ccnn3C)nc2)cn1C. The third-order valence-corrected chi connectivity index (χ3v) is 3.67. The summed E-state index contributed by atoms with van der Waals surface area (Å²) in [5.41, 5.74) is 3.26. The average Bonchev–Trinajstić information content (AvgIpc) is 3.12. The lowest BCUT2D eigenvalue weighted by Crippen LogP contribution is -2.23. The third-order valence-electron chi connectivity index (χ3n) is 3.67. The molecule has 23 heavy (non-hydrogen) atoms. The quantitative estimate of drug-likeness (QED) is 0.736. The Morgan fingerprint density at radius 3 is 2.39 bits per heavy atom. The number of aryl methyl sites for hydroxylation is 2. The van der Waals surface area contributed by atoms with Crippen LogP contribution in [0.3, 0.4) is 0 Å². The van der Waals surface area contributed by atoms with Gasteiger partial charge in [0.25, 0.3) is 5.91 Å². The van der Waals surface area contributed by atoms with Crippen molar-refractivity contribution in [2.75, 3.05) is 14.1 Å². The van der Waals surface area contributed by atoms with Gasteiger partial charge in [0.15, 0.2) is 5.82 Å². The van der Waals surface area contributed by atoms with E-state index in [0.29, 0.717) is 11.5 Å². The smallest absolute Gasteiger partial charge is 0.269 e. The van der Waals surface area contributed by atoms with E-state index in [9.17, 15) is 4.79 Å². The van der Waals surface area contributed by atoms with Crippen LogP contribution in [0.5, 0.6) is 0 Å². The molecular weight excluding hydrogens is 292 g/mol. The van der Waals surface area contributed by atoms with Gasteiger partial charge in [-0.15, -0.1) is 0 Å². The molecule has 0 fully saturated rings. The Labute approximate surface area is 134 Å². The highest BCUT2D eigenvalue weighted by Crippen LogP contribution is 2.22. The van der Waals surface area contributed by atoms with Crippen LogP contribution in [-0.2, 0) is 14.1 Å². The highest BCUT2D eigenvalue weighted by atomic mass is 16.2. The van der Waals surface area contributed by atoms with E-state index >= 15 is 0 Å². The molecule has 0 atom stereocenters. The van der Waals surface area contributed by atoms with Gasteiger partial charge in [0, 0.05) is 64.1 Å². The summed E-state index contributed by atoms with van der Waals surface area (Å²) in [7, 11) is 7.18. The third kappa shape index (κ3) is 2.73. The fourth-order valence-electron chi connectivity index (χ4n) is 2.37. The van der Waals surface area contributed by atoms with Crippen LogP contribution in [0.4, 0.5) is 0 Å². The van der Waals surface area contributed by atoms with Crippen LogP contribution in [0, 0.1) is 0 Å². The van der Waals surface area contributed by atoms with E-state index in [0.717, 1.165) is 16.8 Å². The molecule has 0 N–H and O–H groups in total. The van der Waals surface area contributed by atoms with E-state index in [1.807, 2.05) is 37.0 Å². The predicted molar refractivity (Wildman–Crippen MR) is 86.7 cm³/mol. The van der Waals surface area contributed by atoms with Crippen LogP contribution < -0.4 is 0 Å². The van der Waals surface area contributed by atoms with Crippen molar-refractivity contribution in [3.05, 3.63) is 42.6 Å². The standard InChI is InChI=1S/C16H18N6O/c1-20(2)16(23)14-7-11(10-21(14)3)12-8-17-15(18-9-12)13-5-6-19-22(13)4/h5-10H,1-4H3. The van der Waals surface area contributed by atoms with Crippen molar-refractivity contribution < 1.29 is 4.79 Å². The molecule has 0 radical (unpaired) electrons. The van der Waals surface area contributed by atoms with E-state index < -0.39 is 0 Å². The van der Waals surface area contributed by atoms with Crippen molar-refractivity contribution >= 4 is 5.91 Å². The maximum atomic E-state index is 12.1. The van der Waals surface area contributed by atoms with Gasteiger partial charge in [0.05, 0.1) is 0 Å². The van der Waals surface area contributed by atoms with Gasteiger partial charge in [0.1, 0.15) is 11.4 Å². The molecule has 3 aromatic heterocycles. The summed E-state index contributed by atoms with van der Waals surface area (Å²) in [5, 5.41) is 4.12. The Morgan fingerprint density at radius 2 is 1.83 bits per heavy atom. The van der Waals surface area contributed by atoms with Gasteiger partial charge < -0.3 is 9.47 Å². The second-order valence-electron chi connectivity index (χ2n) is 5.56. The number of carbonyl (C=O) groups excluding carboxylic acids is 1. The molecule has 0 saturated heterocycles. The minimum Gasteiger partial charge on any atom is -0.346 e. The van der Waals surface area contributed by atoms with E-state index in [1.54, 1.807) is 42.3 Å². The van der Waals surface area contributed by atoms with Gasteiger partial charge in [-0.2, -0.15) is 5.10 Å². The lowest BCUT2D eigenvalue weighted by atomic mass is 10.2. The number of amides is 1. The molecular formula is C16H18N6O. The molecule has 3 rings (SSSR count). The minimum absolute atomic E-state index is 0.0360. The first-order valence-electron chi connectivity index (χ1n) is 7.16. The van der Waals surface area contributed by atoms with Gasteiger partial charge in [-0.1, -0.05) is 0 Å². The van der Waals surface area contributed by atoms with Crippen LogP contribution in [0.2, 0.25) is 0 Å². The van der Waals surface area contributed by atoms with Crippen molar-refractivity contribution in [2.45, 2.75) is 0 Å². The number of aromatic nitrogens is 5. The first-order valence-corrected chi connectivity index (χ1v) is 7.16. The van der Waals surface area contributed by atoms with Gasteiger partial charge in [0.2, 0.25) is 0 Å². The molecule has 0 saturated carbocycles. The van der Waals surface area contributed by atoms with Crippen LogP contribution in [0.25, 0.3) is 22.6 Å². The Balaban J connectivity index is 1.93. The highest BCUT2D eigenvalue weighted by molar-refractivity contribution is 5.94. The number of nitrogens with zero attached hydrogens (tertiary/aromatic N) is 6. The molecule has 7 nitrogen and oxygen atoms in total. The van der Waals surface area contributed by atoms with Gasteiger partial charge in [-0.05, 0) is 12.1 Å². The normalized spacial score (nSPS) is 10.8. The highest BCUT2D eigenvalue weighted by Gasteiger charge is 2.15. The first-order chi connectivity index (χ1) is 11.0. The van der Waals surface area contributed by atoms with E-state index in [1.165, 1.54) is 0 Å². The second-order valence-corrected chi connectivity index (χ2v) is 5.56. The summed E-state index contributed by atoms with van der Waals surface area (Å²) in [5.74, 6) is 0.584. The molecule has 7 heteroatoms. The van der Waals surface area contributed by atoms with Gasteiger partial charge in [-0.3, -0.25) is 9.48 Å². The topological polar surface area (TPSA) is 68.8 Å². The van der Waals surface area contributed by atoms with Crippen LogP contribution in [0.15, 0.2) is 36.9 Å². The monoisotopic (exact) mass is 310 g/mol. The summed E-state index contributed by atoms with van der Waals surface area (Å²) < 4.78 is 3.54. The number of rotatable bonds is 3. The van der Waals surface area contributed by atoms with E-state index in [4.69, 9.17) is 0 Å². The Kier molecular flexibility index (Phi) is 3.69. The molecule has 0 aromatic carbocycles. The molecule has 0 aliphatic carbocycles. The summed E-state index contributed by atoms with van der Waals surface area (Å²) >= 11 is 0. The zero-order valence-electron chi connectivity index (χ0n) is 13.6. The molecule has 0 aliphatic rings. The molecule has 0 spiro atoms. The van der Waals surface area contributed by atoms with Crippen molar-refractivity contribution in [3.63, 3.8) is 0 Å². The predicted octanol–water partition coefficient (Wildman–Crippen LogP) is 1.58. The summed E-state index contributed by atoms with van der Waals surface area (Å²) in [6, 6.07) is 3.72. The van der Waals surface area contributed by atoms with E-state index in [2.05, 4.69) is 15.1 Å². The fourth-order valence-corrected chi connectivity index (χ4v) is 2.37. The zero-order valence-corrected chi connectivity index (χ0v) is 13.6. The van der Waals surface area contributed by atoms with Crippen molar-refractivity contribution in [1.82, 2.24) is 29.2 Å².